The van der Waals surface area contributed by atoms with E-state index >= 15 is 0 Å². The third-order valence-corrected chi connectivity index (χ3v) is 4.06. The molecule has 4 heteroatoms. The van der Waals surface area contributed by atoms with Crippen molar-refractivity contribution in [2.24, 2.45) is 0 Å². The van der Waals surface area contributed by atoms with Gasteiger partial charge in [0.25, 0.3) is 0 Å². The first-order chi connectivity index (χ1) is 9.22. The van der Waals surface area contributed by atoms with E-state index in [1.807, 2.05) is 36.4 Å². The molecule has 1 saturated heterocycles. The maximum Gasteiger partial charge on any atom is 0.151 e. The standard InChI is InChI=1S/C8H7BrO.C7H5BrO/c9-7-4-2-1-3-6(7)8-5-10-8;8-7-4-2-1-3-6(7)5-9/h1-4,8H,5H2;1-5H. The summed E-state index contributed by atoms with van der Waals surface area (Å²) in [6, 6.07) is 15.5. The van der Waals surface area contributed by atoms with Crippen molar-refractivity contribution in [2.75, 3.05) is 6.61 Å². The van der Waals surface area contributed by atoms with E-state index in [1.54, 1.807) is 6.07 Å². The first kappa shape index (κ1) is 14.4. The minimum atomic E-state index is 0.357. The minimum absolute atomic E-state index is 0.357. The summed E-state index contributed by atoms with van der Waals surface area (Å²) in [6.45, 7) is 0.878. The van der Waals surface area contributed by atoms with Gasteiger partial charge in [0.05, 0.1) is 6.61 Å². The molecule has 1 atom stereocenters. The van der Waals surface area contributed by atoms with Gasteiger partial charge < -0.3 is 4.74 Å². The molecule has 0 N–H and O–H groups in total. The van der Waals surface area contributed by atoms with Crippen LogP contribution in [0.4, 0.5) is 0 Å². The Kier molecular flexibility index (Phi) is 5.31. The molecule has 0 aromatic heterocycles. The lowest BCUT2D eigenvalue weighted by Crippen LogP contribution is -1.80. The summed E-state index contributed by atoms with van der Waals surface area (Å²) in [5.74, 6) is 0. The number of ether oxygens (including phenoxy) is 1. The van der Waals surface area contributed by atoms with E-state index in [2.05, 4.69) is 37.9 Å². The summed E-state index contributed by atoms with van der Waals surface area (Å²) < 4.78 is 7.14. The predicted octanol–water partition coefficient (Wildman–Crippen LogP) is 4.78. The van der Waals surface area contributed by atoms with Crippen molar-refractivity contribution in [2.45, 2.75) is 6.10 Å². The number of aldehydes is 1. The van der Waals surface area contributed by atoms with Gasteiger partial charge in [-0.25, -0.2) is 0 Å². The Bertz CT molecular complexity index is 566. The summed E-state index contributed by atoms with van der Waals surface area (Å²) in [6.07, 6.45) is 1.18. The third-order valence-electron chi connectivity index (χ3n) is 2.62. The highest BCUT2D eigenvalue weighted by Gasteiger charge is 2.26. The quantitative estimate of drug-likeness (QED) is 0.551. The average Bonchev–Trinajstić information content (AvgIpc) is 3.25. The molecule has 1 aliphatic rings. The monoisotopic (exact) mass is 382 g/mol. The van der Waals surface area contributed by atoms with Crippen molar-refractivity contribution >= 4 is 38.1 Å². The zero-order chi connectivity index (χ0) is 13.7. The van der Waals surface area contributed by atoms with E-state index in [1.165, 1.54) is 5.56 Å². The molecule has 0 amide bonds. The Labute approximate surface area is 129 Å². The Morgan fingerprint density at radius 1 is 1.00 bits per heavy atom. The lowest BCUT2D eigenvalue weighted by atomic mass is 10.2. The Morgan fingerprint density at radius 3 is 2.05 bits per heavy atom. The number of rotatable bonds is 2. The largest absolute Gasteiger partial charge is 0.368 e. The lowest BCUT2D eigenvalue weighted by molar-refractivity contribution is 0.112. The average molecular weight is 384 g/mol. The minimum Gasteiger partial charge on any atom is -0.368 e. The topological polar surface area (TPSA) is 29.6 Å². The highest BCUT2D eigenvalue weighted by Crippen LogP contribution is 2.34. The number of halogens is 2. The molecule has 0 bridgehead atoms. The van der Waals surface area contributed by atoms with Gasteiger partial charge in [-0.15, -0.1) is 0 Å². The molecular formula is C15H12Br2O2. The zero-order valence-electron chi connectivity index (χ0n) is 10.1. The smallest absolute Gasteiger partial charge is 0.151 e. The Balaban J connectivity index is 0.000000141. The number of carbonyl (C=O) groups is 1. The fraction of sp³-hybridized carbons (Fsp3) is 0.133. The number of benzene rings is 2. The molecule has 2 aromatic rings. The summed E-state index contributed by atoms with van der Waals surface area (Å²) in [7, 11) is 0. The SMILES string of the molecule is Brc1ccccc1C1CO1.O=Cc1ccccc1Br. The molecule has 1 unspecified atom stereocenters. The summed E-state index contributed by atoms with van der Waals surface area (Å²) in [4.78, 5) is 10.2. The third kappa shape index (κ3) is 4.27. The summed E-state index contributed by atoms with van der Waals surface area (Å²) >= 11 is 6.68. The second-order valence-corrected chi connectivity index (χ2v) is 5.69. The van der Waals surface area contributed by atoms with Crippen LogP contribution in [0.2, 0.25) is 0 Å². The van der Waals surface area contributed by atoms with Gasteiger partial charge in [-0.1, -0.05) is 68.3 Å². The van der Waals surface area contributed by atoms with Gasteiger partial charge in [0.15, 0.2) is 6.29 Å². The number of hydrogen-bond donors (Lipinski definition) is 0. The van der Waals surface area contributed by atoms with Crippen LogP contribution >= 0.6 is 31.9 Å². The molecule has 98 valence electrons. The Morgan fingerprint density at radius 2 is 1.58 bits per heavy atom. The fourth-order valence-corrected chi connectivity index (χ4v) is 2.45. The number of hydrogen-bond acceptors (Lipinski definition) is 2. The first-order valence-corrected chi connectivity index (χ1v) is 7.36. The van der Waals surface area contributed by atoms with Crippen molar-refractivity contribution < 1.29 is 9.53 Å². The molecule has 1 heterocycles. The van der Waals surface area contributed by atoms with Crippen LogP contribution in [0.3, 0.4) is 0 Å². The van der Waals surface area contributed by atoms with E-state index in [4.69, 9.17) is 4.74 Å². The number of carbonyl (C=O) groups excluding carboxylic acids is 1. The molecule has 1 fully saturated rings. The zero-order valence-corrected chi connectivity index (χ0v) is 13.2. The molecule has 3 rings (SSSR count). The van der Waals surface area contributed by atoms with Gasteiger partial charge in [0.2, 0.25) is 0 Å². The van der Waals surface area contributed by atoms with E-state index in [0.717, 1.165) is 21.8 Å². The van der Waals surface area contributed by atoms with Gasteiger partial charge >= 0.3 is 0 Å². The highest BCUT2D eigenvalue weighted by atomic mass is 79.9. The van der Waals surface area contributed by atoms with E-state index in [-0.39, 0.29) is 0 Å². The lowest BCUT2D eigenvalue weighted by Gasteiger charge is -1.96. The molecule has 19 heavy (non-hydrogen) atoms. The van der Waals surface area contributed by atoms with E-state index in [0.29, 0.717) is 11.7 Å². The fourth-order valence-electron chi connectivity index (χ4n) is 1.53. The maximum absolute atomic E-state index is 10.2. The molecular weight excluding hydrogens is 372 g/mol. The van der Waals surface area contributed by atoms with Gasteiger partial charge in [0.1, 0.15) is 6.10 Å². The Hall–Kier alpha value is -0.970. The predicted molar refractivity (Wildman–Crippen MR) is 82.4 cm³/mol. The van der Waals surface area contributed by atoms with Gasteiger partial charge in [-0.05, 0) is 17.7 Å². The van der Waals surface area contributed by atoms with Crippen molar-refractivity contribution in [3.63, 3.8) is 0 Å². The molecule has 0 spiro atoms. The van der Waals surface area contributed by atoms with Gasteiger partial charge in [-0.2, -0.15) is 0 Å². The molecule has 0 saturated carbocycles. The van der Waals surface area contributed by atoms with E-state index < -0.39 is 0 Å². The van der Waals surface area contributed by atoms with Crippen molar-refractivity contribution in [1.82, 2.24) is 0 Å². The normalized spacial score (nSPS) is 16.2. The van der Waals surface area contributed by atoms with Crippen LogP contribution < -0.4 is 0 Å². The summed E-state index contributed by atoms with van der Waals surface area (Å²) in [5.41, 5.74) is 1.96. The first-order valence-electron chi connectivity index (χ1n) is 5.78. The van der Waals surface area contributed by atoms with Crippen molar-refractivity contribution in [3.8, 4) is 0 Å². The van der Waals surface area contributed by atoms with Crippen molar-refractivity contribution in [3.05, 3.63) is 68.6 Å². The van der Waals surface area contributed by atoms with E-state index in [9.17, 15) is 4.79 Å². The highest BCUT2D eigenvalue weighted by molar-refractivity contribution is 9.10. The van der Waals surface area contributed by atoms with Crippen LogP contribution in [0, 0.1) is 0 Å². The molecule has 2 aromatic carbocycles. The molecule has 0 aliphatic carbocycles. The summed E-state index contributed by atoms with van der Waals surface area (Å²) in [5, 5.41) is 0. The molecule has 1 aliphatic heterocycles. The molecule has 0 radical (unpaired) electrons. The van der Waals surface area contributed by atoms with Crippen LogP contribution in [0.25, 0.3) is 0 Å². The molecule has 2 nitrogen and oxygen atoms in total. The second kappa shape index (κ2) is 6.98. The second-order valence-electron chi connectivity index (χ2n) is 3.98. The van der Waals surface area contributed by atoms with Crippen LogP contribution in [-0.2, 0) is 4.74 Å². The van der Waals surface area contributed by atoms with Crippen LogP contribution in [0.1, 0.15) is 22.0 Å². The van der Waals surface area contributed by atoms with Gasteiger partial charge in [0, 0.05) is 14.5 Å². The van der Waals surface area contributed by atoms with Crippen LogP contribution in [0.15, 0.2) is 57.5 Å². The van der Waals surface area contributed by atoms with Gasteiger partial charge in [-0.3, -0.25) is 4.79 Å². The number of epoxide rings is 1. The van der Waals surface area contributed by atoms with Crippen LogP contribution in [-0.4, -0.2) is 12.9 Å². The van der Waals surface area contributed by atoms with Crippen molar-refractivity contribution in [1.29, 1.82) is 0 Å². The maximum atomic E-state index is 10.2. The van der Waals surface area contributed by atoms with Crippen LogP contribution in [0.5, 0.6) is 0 Å².